The van der Waals surface area contributed by atoms with Gasteiger partial charge in [0.1, 0.15) is 0 Å². The number of nitrogens with zero attached hydrogens (tertiary/aromatic N) is 2. The molecular formula is C18H18ClN3O2S. The molecule has 1 N–H and O–H groups in total. The number of pyridine rings is 1. The van der Waals surface area contributed by atoms with Crippen LogP contribution in [0.1, 0.15) is 5.56 Å². The van der Waals surface area contributed by atoms with Gasteiger partial charge in [0.25, 0.3) is 0 Å². The minimum absolute atomic E-state index is 0.300. The number of hydrogen-bond donors (Lipinski definition) is 1. The maximum Gasteiger partial charge on any atom is 0.242 e. The fourth-order valence-corrected chi connectivity index (χ4v) is 3.85. The monoisotopic (exact) mass is 375 g/mol. The highest BCUT2D eigenvalue weighted by molar-refractivity contribution is 7.89. The average Bonchev–Trinajstić information content (AvgIpc) is 2.59. The fourth-order valence-electron chi connectivity index (χ4n) is 2.56. The first-order chi connectivity index (χ1) is 11.9. The number of halogens is 1. The fraction of sp³-hybridized carbons (Fsp3) is 0.167. The molecule has 3 aromatic rings. The highest BCUT2D eigenvalue weighted by Gasteiger charge is 2.20. The Kier molecular flexibility index (Phi) is 4.94. The van der Waals surface area contributed by atoms with E-state index in [0.29, 0.717) is 22.0 Å². The van der Waals surface area contributed by atoms with Crippen LogP contribution in [-0.2, 0) is 16.6 Å². The molecule has 0 atom stereocenters. The van der Waals surface area contributed by atoms with E-state index in [0.717, 1.165) is 16.6 Å². The van der Waals surface area contributed by atoms with Gasteiger partial charge in [0, 0.05) is 42.9 Å². The predicted octanol–water partition coefficient (Wildman–Crippen LogP) is 3.75. The van der Waals surface area contributed by atoms with E-state index in [4.69, 9.17) is 11.6 Å². The minimum atomic E-state index is -3.50. The molecule has 2 aromatic carbocycles. The number of sulfonamides is 1. The highest BCUT2D eigenvalue weighted by atomic mass is 35.5. The summed E-state index contributed by atoms with van der Waals surface area (Å²) >= 11 is 6.01. The zero-order valence-corrected chi connectivity index (χ0v) is 15.5. The maximum absolute atomic E-state index is 12.5. The van der Waals surface area contributed by atoms with Crippen LogP contribution >= 0.6 is 11.6 Å². The van der Waals surface area contributed by atoms with E-state index in [1.807, 2.05) is 24.3 Å². The largest absolute Gasteiger partial charge is 0.380 e. The third-order valence-corrected chi connectivity index (χ3v) is 6.06. The van der Waals surface area contributed by atoms with Crippen LogP contribution in [0.4, 0.5) is 5.69 Å². The molecule has 1 aromatic heterocycles. The lowest BCUT2D eigenvalue weighted by Crippen LogP contribution is -2.23. The average molecular weight is 376 g/mol. The molecule has 0 saturated heterocycles. The molecule has 0 aliphatic carbocycles. The summed E-state index contributed by atoms with van der Waals surface area (Å²) in [6.45, 7) is 0.380. The molecule has 0 amide bonds. The van der Waals surface area contributed by atoms with Crippen molar-refractivity contribution in [1.29, 1.82) is 0 Å². The summed E-state index contributed by atoms with van der Waals surface area (Å²) in [5.74, 6) is 0. The number of hydrogen-bond acceptors (Lipinski definition) is 4. The molecule has 3 rings (SSSR count). The molecule has 1 heterocycles. The Hall–Kier alpha value is -2.15. The first-order valence-electron chi connectivity index (χ1n) is 7.68. The third-order valence-electron chi connectivity index (χ3n) is 3.91. The van der Waals surface area contributed by atoms with E-state index in [-0.39, 0.29) is 0 Å². The number of nitrogens with one attached hydrogen (secondary N) is 1. The van der Waals surface area contributed by atoms with Crippen LogP contribution in [-0.4, -0.2) is 31.8 Å². The zero-order valence-electron chi connectivity index (χ0n) is 13.9. The molecule has 0 aliphatic heterocycles. The van der Waals surface area contributed by atoms with Crippen LogP contribution < -0.4 is 5.32 Å². The summed E-state index contributed by atoms with van der Waals surface area (Å²) in [6.07, 6.45) is 1.70. The van der Waals surface area contributed by atoms with Gasteiger partial charge in [-0.15, -0.1) is 0 Å². The van der Waals surface area contributed by atoms with Crippen molar-refractivity contribution in [3.05, 3.63) is 65.3 Å². The van der Waals surface area contributed by atoms with E-state index < -0.39 is 10.0 Å². The van der Waals surface area contributed by atoms with E-state index in [2.05, 4.69) is 10.3 Å². The van der Waals surface area contributed by atoms with E-state index >= 15 is 0 Å². The second-order valence-electron chi connectivity index (χ2n) is 5.77. The van der Waals surface area contributed by atoms with Crippen LogP contribution in [0.5, 0.6) is 0 Å². The Morgan fingerprint density at radius 2 is 1.88 bits per heavy atom. The molecule has 0 radical (unpaired) electrons. The Balaban J connectivity index is 1.94. The number of rotatable bonds is 5. The van der Waals surface area contributed by atoms with Crippen molar-refractivity contribution in [2.24, 2.45) is 0 Å². The lowest BCUT2D eigenvalue weighted by atomic mass is 10.1. The van der Waals surface area contributed by atoms with Crippen LogP contribution in [0.3, 0.4) is 0 Å². The topological polar surface area (TPSA) is 62.3 Å². The summed E-state index contributed by atoms with van der Waals surface area (Å²) in [5.41, 5.74) is 2.36. The molecule has 5 nitrogen and oxygen atoms in total. The summed E-state index contributed by atoms with van der Waals surface area (Å²) in [7, 11) is -0.442. The maximum atomic E-state index is 12.5. The van der Waals surface area contributed by atoms with Crippen molar-refractivity contribution in [2.75, 3.05) is 19.4 Å². The molecule has 0 bridgehead atoms. The van der Waals surface area contributed by atoms with Crippen molar-refractivity contribution >= 4 is 38.2 Å². The first-order valence-corrected chi connectivity index (χ1v) is 9.50. The molecular weight excluding hydrogens is 358 g/mol. The van der Waals surface area contributed by atoms with Crippen molar-refractivity contribution in [3.8, 4) is 0 Å². The first kappa shape index (κ1) is 17.7. The van der Waals surface area contributed by atoms with Gasteiger partial charge in [-0.05, 0) is 35.9 Å². The molecule has 0 unspecified atom stereocenters. The van der Waals surface area contributed by atoms with E-state index in [9.17, 15) is 8.42 Å². The van der Waals surface area contributed by atoms with Gasteiger partial charge in [0.15, 0.2) is 0 Å². The summed E-state index contributed by atoms with van der Waals surface area (Å²) in [4.78, 5) is 4.61. The quantitative estimate of drug-likeness (QED) is 0.737. The smallest absolute Gasteiger partial charge is 0.242 e. The van der Waals surface area contributed by atoms with Gasteiger partial charge in [-0.1, -0.05) is 29.8 Å². The van der Waals surface area contributed by atoms with Gasteiger partial charge in [-0.25, -0.2) is 12.7 Å². The zero-order chi connectivity index (χ0) is 18.0. The lowest BCUT2D eigenvalue weighted by molar-refractivity contribution is 0.520. The molecule has 0 spiro atoms. The van der Waals surface area contributed by atoms with Crippen molar-refractivity contribution in [3.63, 3.8) is 0 Å². The van der Waals surface area contributed by atoms with Crippen LogP contribution in [0.15, 0.2) is 59.6 Å². The van der Waals surface area contributed by atoms with Crippen molar-refractivity contribution < 1.29 is 8.42 Å². The van der Waals surface area contributed by atoms with Gasteiger partial charge in [0.05, 0.1) is 10.4 Å². The van der Waals surface area contributed by atoms with Gasteiger partial charge in [0.2, 0.25) is 10.0 Å². The molecule has 25 heavy (non-hydrogen) atoms. The number of anilines is 1. The van der Waals surface area contributed by atoms with Crippen LogP contribution in [0, 0.1) is 0 Å². The van der Waals surface area contributed by atoms with Gasteiger partial charge in [-0.2, -0.15) is 0 Å². The molecule has 0 saturated carbocycles. The van der Waals surface area contributed by atoms with Crippen LogP contribution in [0.25, 0.3) is 10.9 Å². The Labute approximate surface area is 152 Å². The third kappa shape index (κ3) is 3.61. The van der Waals surface area contributed by atoms with Crippen molar-refractivity contribution in [1.82, 2.24) is 9.29 Å². The summed E-state index contributed by atoms with van der Waals surface area (Å²) < 4.78 is 26.2. The van der Waals surface area contributed by atoms with E-state index in [1.54, 1.807) is 30.5 Å². The summed E-state index contributed by atoms with van der Waals surface area (Å²) in [6, 6.07) is 14.3. The summed E-state index contributed by atoms with van der Waals surface area (Å²) in [5, 5.41) is 4.86. The standard InChI is InChI=1S/C18H18ClN3O2S/c1-22(2)25(23,24)18-6-4-3-5-13(18)12-21-16-9-10-20-17-11-14(19)7-8-15(16)17/h3-11H,12H2,1-2H3,(H,20,21). The Morgan fingerprint density at radius 3 is 2.64 bits per heavy atom. The van der Waals surface area contributed by atoms with Gasteiger partial charge < -0.3 is 5.32 Å². The van der Waals surface area contributed by atoms with Crippen LogP contribution in [0.2, 0.25) is 5.02 Å². The van der Waals surface area contributed by atoms with Gasteiger partial charge >= 0.3 is 0 Å². The molecule has 0 aliphatic rings. The lowest BCUT2D eigenvalue weighted by Gasteiger charge is -2.16. The number of benzene rings is 2. The molecule has 130 valence electrons. The molecule has 7 heteroatoms. The Morgan fingerprint density at radius 1 is 1.12 bits per heavy atom. The Bertz CT molecular complexity index is 1020. The second kappa shape index (κ2) is 7.00. The predicted molar refractivity (Wildman–Crippen MR) is 101 cm³/mol. The number of fused-ring (bicyclic) bond motifs is 1. The SMILES string of the molecule is CN(C)S(=O)(=O)c1ccccc1CNc1ccnc2cc(Cl)ccc12. The molecule has 0 fully saturated rings. The minimum Gasteiger partial charge on any atom is -0.380 e. The second-order valence-corrected chi connectivity index (χ2v) is 8.33. The highest BCUT2D eigenvalue weighted by Crippen LogP contribution is 2.26. The normalized spacial score (nSPS) is 11.8. The van der Waals surface area contributed by atoms with Crippen molar-refractivity contribution in [2.45, 2.75) is 11.4 Å². The van der Waals surface area contributed by atoms with Gasteiger partial charge in [-0.3, -0.25) is 4.98 Å². The van der Waals surface area contributed by atoms with E-state index in [1.165, 1.54) is 18.4 Å². The number of aromatic nitrogens is 1.